The van der Waals surface area contributed by atoms with Gasteiger partial charge in [0.05, 0.1) is 0 Å². The topological polar surface area (TPSA) is 52.0 Å². The third-order valence-corrected chi connectivity index (χ3v) is 3.31. The largest absolute Gasteiger partial charge is 0.306 e. The second-order valence-electron chi connectivity index (χ2n) is 4.36. The summed E-state index contributed by atoms with van der Waals surface area (Å²) >= 11 is 0. The minimum Gasteiger partial charge on any atom is -0.306 e. The first-order valence-corrected chi connectivity index (χ1v) is 5.44. The van der Waals surface area contributed by atoms with Crippen molar-refractivity contribution in [3.8, 4) is 0 Å². The molecule has 2 nitrogen and oxygen atoms in total. The average Bonchev–Trinajstić information content (AvgIpc) is 2.29. The van der Waals surface area contributed by atoms with Gasteiger partial charge in [-0.05, 0) is 28.7 Å². The van der Waals surface area contributed by atoms with E-state index >= 15 is 0 Å². The van der Waals surface area contributed by atoms with Gasteiger partial charge in [0.15, 0.2) is 0 Å². The van der Waals surface area contributed by atoms with Gasteiger partial charge in [-0.1, -0.05) is 48.5 Å². The lowest BCUT2D eigenvalue weighted by molar-refractivity contribution is 0.544. The highest BCUT2D eigenvalue weighted by Gasteiger charge is 2.32. The van der Waals surface area contributed by atoms with Crippen LogP contribution in [-0.4, -0.2) is 0 Å². The van der Waals surface area contributed by atoms with Gasteiger partial charge in [0, 0.05) is 0 Å². The molecule has 0 unspecified atom stereocenters. The van der Waals surface area contributed by atoms with Crippen molar-refractivity contribution < 1.29 is 0 Å². The van der Waals surface area contributed by atoms with E-state index in [1.807, 2.05) is 36.4 Å². The van der Waals surface area contributed by atoms with Crippen molar-refractivity contribution in [1.82, 2.24) is 0 Å². The molecular weight excluding hydrogens is 196 g/mol. The SMILES string of the molecule is NC1(N)c2ccccc2Cc2ccccc21. The molecule has 0 fully saturated rings. The fourth-order valence-electron chi connectivity index (χ4n) is 2.51. The summed E-state index contributed by atoms with van der Waals surface area (Å²) in [6.45, 7) is 0. The Hall–Kier alpha value is -1.64. The lowest BCUT2D eigenvalue weighted by Gasteiger charge is -2.34. The molecule has 0 atom stereocenters. The summed E-state index contributed by atoms with van der Waals surface area (Å²) < 4.78 is 0. The number of nitrogens with two attached hydrogens (primary N) is 2. The quantitative estimate of drug-likeness (QED) is 0.650. The Balaban J connectivity index is 2.28. The van der Waals surface area contributed by atoms with Crippen LogP contribution in [0.1, 0.15) is 22.3 Å². The number of hydrogen-bond acceptors (Lipinski definition) is 2. The smallest absolute Gasteiger partial charge is 0.117 e. The molecule has 2 aromatic rings. The molecule has 16 heavy (non-hydrogen) atoms. The molecule has 80 valence electrons. The van der Waals surface area contributed by atoms with Gasteiger partial charge in [0.1, 0.15) is 5.66 Å². The first kappa shape index (κ1) is 9.58. The highest BCUT2D eigenvalue weighted by molar-refractivity contribution is 5.51. The van der Waals surface area contributed by atoms with Crippen molar-refractivity contribution in [2.75, 3.05) is 0 Å². The van der Waals surface area contributed by atoms with E-state index in [-0.39, 0.29) is 0 Å². The Labute approximate surface area is 94.9 Å². The highest BCUT2D eigenvalue weighted by Crippen LogP contribution is 2.34. The normalized spacial score (nSPS) is 16.4. The summed E-state index contributed by atoms with van der Waals surface area (Å²) in [7, 11) is 0. The second-order valence-corrected chi connectivity index (χ2v) is 4.36. The molecule has 0 spiro atoms. The van der Waals surface area contributed by atoms with E-state index in [2.05, 4.69) is 12.1 Å². The number of benzene rings is 2. The minimum atomic E-state index is -0.856. The molecule has 2 aromatic carbocycles. The van der Waals surface area contributed by atoms with Crippen molar-refractivity contribution in [3.05, 3.63) is 70.8 Å². The van der Waals surface area contributed by atoms with Crippen LogP contribution in [0.25, 0.3) is 0 Å². The Morgan fingerprint density at radius 1 is 0.750 bits per heavy atom. The van der Waals surface area contributed by atoms with E-state index in [1.54, 1.807) is 0 Å². The van der Waals surface area contributed by atoms with Crippen molar-refractivity contribution in [3.63, 3.8) is 0 Å². The van der Waals surface area contributed by atoms with Gasteiger partial charge in [0.2, 0.25) is 0 Å². The van der Waals surface area contributed by atoms with Crippen LogP contribution in [0.5, 0.6) is 0 Å². The summed E-state index contributed by atoms with van der Waals surface area (Å²) in [5, 5.41) is 0. The monoisotopic (exact) mass is 210 g/mol. The Kier molecular flexibility index (Phi) is 1.90. The van der Waals surface area contributed by atoms with Gasteiger partial charge in [-0.15, -0.1) is 0 Å². The summed E-state index contributed by atoms with van der Waals surface area (Å²) in [6.07, 6.45) is 0.919. The van der Waals surface area contributed by atoms with E-state index in [0.29, 0.717) is 0 Å². The van der Waals surface area contributed by atoms with E-state index < -0.39 is 5.66 Å². The van der Waals surface area contributed by atoms with Gasteiger partial charge >= 0.3 is 0 Å². The molecule has 0 radical (unpaired) electrons. The van der Waals surface area contributed by atoms with Crippen molar-refractivity contribution in [1.29, 1.82) is 0 Å². The number of fused-ring (bicyclic) bond motifs is 2. The van der Waals surface area contributed by atoms with Gasteiger partial charge in [0.25, 0.3) is 0 Å². The maximum atomic E-state index is 6.28. The fraction of sp³-hybridized carbons (Fsp3) is 0.143. The third kappa shape index (κ3) is 1.21. The van der Waals surface area contributed by atoms with E-state index in [1.165, 1.54) is 11.1 Å². The van der Waals surface area contributed by atoms with Crippen LogP contribution in [0.4, 0.5) is 0 Å². The molecule has 0 aromatic heterocycles. The van der Waals surface area contributed by atoms with Crippen LogP contribution >= 0.6 is 0 Å². The van der Waals surface area contributed by atoms with Gasteiger partial charge < -0.3 is 11.5 Å². The highest BCUT2D eigenvalue weighted by atomic mass is 15.0. The fourth-order valence-corrected chi connectivity index (χ4v) is 2.51. The zero-order chi connectivity index (χ0) is 11.2. The standard InChI is InChI=1S/C14H14N2/c15-14(16)12-7-3-1-5-10(12)9-11-6-2-4-8-13(11)14/h1-8H,9,15-16H2. The first-order valence-electron chi connectivity index (χ1n) is 5.44. The number of hydrogen-bond donors (Lipinski definition) is 2. The minimum absolute atomic E-state index is 0.856. The van der Waals surface area contributed by atoms with Crippen LogP contribution < -0.4 is 11.5 Å². The van der Waals surface area contributed by atoms with Gasteiger partial charge in [-0.2, -0.15) is 0 Å². The molecule has 4 N–H and O–H groups in total. The van der Waals surface area contributed by atoms with Gasteiger partial charge in [-0.25, -0.2) is 0 Å². The second kappa shape index (κ2) is 3.17. The summed E-state index contributed by atoms with van der Waals surface area (Å²) in [5.74, 6) is 0. The van der Waals surface area contributed by atoms with E-state index in [0.717, 1.165) is 17.5 Å². The third-order valence-electron chi connectivity index (χ3n) is 3.31. The molecule has 0 saturated carbocycles. The summed E-state index contributed by atoms with van der Waals surface area (Å²) in [5.41, 5.74) is 16.2. The number of rotatable bonds is 0. The lowest BCUT2D eigenvalue weighted by atomic mass is 9.79. The molecule has 1 aliphatic rings. The Morgan fingerprint density at radius 3 is 1.69 bits per heavy atom. The molecule has 2 heteroatoms. The Bertz CT molecular complexity index is 496. The van der Waals surface area contributed by atoms with Crippen molar-refractivity contribution in [2.45, 2.75) is 12.1 Å². The van der Waals surface area contributed by atoms with Crippen LogP contribution in [-0.2, 0) is 12.1 Å². The van der Waals surface area contributed by atoms with Gasteiger partial charge in [-0.3, -0.25) is 0 Å². The average molecular weight is 210 g/mol. The molecule has 0 saturated heterocycles. The zero-order valence-corrected chi connectivity index (χ0v) is 8.98. The maximum Gasteiger partial charge on any atom is 0.117 e. The molecule has 0 amide bonds. The summed E-state index contributed by atoms with van der Waals surface area (Å²) in [6, 6.07) is 16.3. The first-order chi connectivity index (χ1) is 7.69. The van der Waals surface area contributed by atoms with Crippen LogP contribution in [0.3, 0.4) is 0 Å². The molecule has 1 aliphatic carbocycles. The molecular formula is C14H14N2. The maximum absolute atomic E-state index is 6.28. The predicted molar refractivity (Wildman–Crippen MR) is 64.8 cm³/mol. The summed E-state index contributed by atoms with van der Waals surface area (Å²) in [4.78, 5) is 0. The predicted octanol–water partition coefficient (Wildman–Crippen LogP) is 1.71. The molecule has 0 aliphatic heterocycles. The zero-order valence-electron chi connectivity index (χ0n) is 8.98. The lowest BCUT2D eigenvalue weighted by Crippen LogP contribution is -2.50. The molecule has 0 bridgehead atoms. The molecule has 0 heterocycles. The van der Waals surface area contributed by atoms with Crippen LogP contribution in [0, 0.1) is 0 Å². The van der Waals surface area contributed by atoms with E-state index in [4.69, 9.17) is 11.5 Å². The van der Waals surface area contributed by atoms with Crippen LogP contribution in [0.2, 0.25) is 0 Å². The van der Waals surface area contributed by atoms with Crippen molar-refractivity contribution in [2.24, 2.45) is 11.5 Å². The molecule has 3 rings (SSSR count). The van der Waals surface area contributed by atoms with Crippen molar-refractivity contribution >= 4 is 0 Å². The van der Waals surface area contributed by atoms with Crippen LogP contribution in [0.15, 0.2) is 48.5 Å². The Morgan fingerprint density at radius 2 is 1.19 bits per heavy atom. The van der Waals surface area contributed by atoms with E-state index in [9.17, 15) is 0 Å².